The van der Waals surface area contributed by atoms with E-state index in [9.17, 15) is 0 Å². The summed E-state index contributed by atoms with van der Waals surface area (Å²) in [7, 11) is 0. The van der Waals surface area contributed by atoms with Crippen LogP contribution in [0.15, 0.2) is 0 Å². The lowest BCUT2D eigenvalue weighted by atomic mass is 9.98. The first-order valence-corrected chi connectivity index (χ1v) is 8.97. The van der Waals surface area contributed by atoms with Gasteiger partial charge in [0, 0.05) is 42.1 Å². The first-order valence-electron chi connectivity index (χ1n) is 8.19. The molecule has 20 heavy (non-hydrogen) atoms. The Labute approximate surface area is 125 Å². The molecule has 1 aliphatic carbocycles. The Morgan fingerprint density at radius 1 is 1.20 bits per heavy atom. The molecule has 2 saturated heterocycles. The molecule has 1 saturated carbocycles. The van der Waals surface area contributed by atoms with E-state index < -0.39 is 0 Å². The van der Waals surface area contributed by atoms with Gasteiger partial charge in [0.15, 0.2) is 0 Å². The number of nitrogens with zero attached hydrogens (tertiary/aromatic N) is 3. The van der Waals surface area contributed by atoms with Gasteiger partial charge in [-0.15, -0.1) is 0 Å². The molecule has 4 nitrogen and oxygen atoms in total. The fraction of sp³-hybridized carbons (Fsp3) is 0.867. The normalized spacial score (nSPS) is 32.5. The van der Waals surface area contributed by atoms with Crippen LogP contribution >= 0.6 is 11.5 Å². The van der Waals surface area contributed by atoms with Gasteiger partial charge >= 0.3 is 0 Å². The second-order valence-corrected chi connectivity index (χ2v) is 7.40. The molecule has 0 radical (unpaired) electrons. The van der Waals surface area contributed by atoms with Crippen molar-refractivity contribution >= 4 is 16.7 Å². The molecular formula is C15H24N4S. The molecule has 0 spiro atoms. The zero-order valence-corrected chi connectivity index (χ0v) is 13.0. The molecule has 4 rings (SSSR count). The summed E-state index contributed by atoms with van der Waals surface area (Å²) in [4.78, 5) is 7.41. The first-order chi connectivity index (χ1) is 9.83. The quantitative estimate of drug-likeness (QED) is 0.906. The van der Waals surface area contributed by atoms with Gasteiger partial charge < -0.3 is 10.2 Å². The van der Waals surface area contributed by atoms with Crippen molar-refractivity contribution in [1.82, 2.24) is 14.7 Å². The van der Waals surface area contributed by atoms with Crippen LogP contribution in [0.25, 0.3) is 0 Å². The van der Waals surface area contributed by atoms with Crippen molar-refractivity contribution in [2.45, 2.75) is 75.9 Å². The third-order valence-corrected chi connectivity index (χ3v) is 5.74. The van der Waals surface area contributed by atoms with Crippen molar-refractivity contribution in [3.05, 3.63) is 5.82 Å². The highest BCUT2D eigenvalue weighted by molar-refractivity contribution is 7.09. The van der Waals surface area contributed by atoms with Crippen LogP contribution in [0.5, 0.6) is 0 Å². The maximum atomic E-state index is 4.85. The van der Waals surface area contributed by atoms with Crippen LogP contribution in [0, 0.1) is 0 Å². The molecule has 3 aliphatic rings. The number of hydrogen-bond donors (Lipinski definition) is 1. The summed E-state index contributed by atoms with van der Waals surface area (Å²) in [5.41, 5.74) is 0. The minimum atomic E-state index is 0.674. The summed E-state index contributed by atoms with van der Waals surface area (Å²) < 4.78 is 4.60. The molecule has 5 heteroatoms. The first kappa shape index (κ1) is 13.0. The number of nitrogens with one attached hydrogen (secondary N) is 1. The van der Waals surface area contributed by atoms with Crippen molar-refractivity contribution < 1.29 is 0 Å². The summed E-state index contributed by atoms with van der Waals surface area (Å²) >= 11 is 1.63. The van der Waals surface area contributed by atoms with E-state index >= 15 is 0 Å². The van der Waals surface area contributed by atoms with E-state index in [1.165, 1.54) is 50.1 Å². The third kappa shape index (κ3) is 2.46. The standard InChI is InChI=1S/C15H24N4S/c1-2-7-19(13-8-11-5-6-12(9-13)16-11)15-17-14(18-20-15)10-3-4-10/h10-13,16H,2-9H2,1H3. The summed E-state index contributed by atoms with van der Waals surface area (Å²) in [5, 5.41) is 4.92. The van der Waals surface area contributed by atoms with Crippen LogP contribution in [-0.2, 0) is 0 Å². The SMILES string of the molecule is CCCN(c1nc(C2CC2)ns1)C1CC2CCC(C1)N2. The molecule has 2 aliphatic heterocycles. The monoisotopic (exact) mass is 292 g/mol. The molecule has 110 valence electrons. The van der Waals surface area contributed by atoms with Gasteiger partial charge in [-0.25, -0.2) is 4.98 Å². The largest absolute Gasteiger partial charge is 0.344 e. The van der Waals surface area contributed by atoms with Gasteiger partial charge in [-0.3, -0.25) is 0 Å². The smallest absolute Gasteiger partial charge is 0.205 e. The van der Waals surface area contributed by atoms with E-state index in [1.54, 1.807) is 11.5 Å². The van der Waals surface area contributed by atoms with Crippen LogP contribution < -0.4 is 10.2 Å². The molecule has 1 aromatic rings. The summed E-state index contributed by atoms with van der Waals surface area (Å²) in [5.74, 6) is 1.79. The zero-order chi connectivity index (χ0) is 13.5. The molecule has 1 aromatic heterocycles. The molecule has 2 bridgehead atoms. The Morgan fingerprint density at radius 2 is 1.95 bits per heavy atom. The average molecular weight is 292 g/mol. The zero-order valence-electron chi connectivity index (χ0n) is 12.2. The Bertz CT molecular complexity index is 458. The number of piperidine rings is 1. The minimum Gasteiger partial charge on any atom is -0.344 e. The van der Waals surface area contributed by atoms with Crippen molar-refractivity contribution in [2.75, 3.05) is 11.4 Å². The highest BCUT2D eigenvalue weighted by Crippen LogP contribution is 2.40. The Balaban J connectivity index is 1.53. The van der Waals surface area contributed by atoms with Crippen molar-refractivity contribution in [1.29, 1.82) is 0 Å². The van der Waals surface area contributed by atoms with Gasteiger partial charge in [0.25, 0.3) is 0 Å². The van der Waals surface area contributed by atoms with Gasteiger partial charge in [-0.2, -0.15) is 4.37 Å². The molecular weight excluding hydrogens is 268 g/mol. The number of rotatable bonds is 5. The lowest BCUT2D eigenvalue weighted by Gasteiger charge is -2.37. The lowest BCUT2D eigenvalue weighted by Crippen LogP contribution is -2.48. The molecule has 0 amide bonds. The fourth-order valence-corrected chi connectivity index (χ4v) is 4.65. The number of fused-ring (bicyclic) bond motifs is 2. The highest BCUT2D eigenvalue weighted by Gasteiger charge is 2.37. The molecule has 1 N–H and O–H groups in total. The van der Waals surface area contributed by atoms with Gasteiger partial charge in [0.1, 0.15) is 5.82 Å². The van der Waals surface area contributed by atoms with Crippen LogP contribution in [-0.4, -0.2) is 34.0 Å². The van der Waals surface area contributed by atoms with Crippen LogP contribution in [0.1, 0.15) is 63.6 Å². The highest BCUT2D eigenvalue weighted by atomic mass is 32.1. The van der Waals surface area contributed by atoms with Crippen LogP contribution in [0.2, 0.25) is 0 Å². The van der Waals surface area contributed by atoms with Gasteiger partial charge in [-0.1, -0.05) is 6.92 Å². The molecule has 0 aromatic carbocycles. The number of anilines is 1. The molecule has 3 fully saturated rings. The second kappa shape index (κ2) is 5.26. The molecule has 2 atom stereocenters. The van der Waals surface area contributed by atoms with Crippen LogP contribution in [0.3, 0.4) is 0 Å². The topological polar surface area (TPSA) is 41.1 Å². The average Bonchev–Trinajstić information content (AvgIpc) is 3.11. The maximum absolute atomic E-state index is 4.85. The number of aromatic nitrogens is 2. The van der Waals surface area contributed by atoms with E-state index in [2.05, 4.69) is 21.5 Å². The van der Waals surface area contributed by atoms with E-state index in [1.807, 2.05) is 0 Å². The predicted molar refractivity (Wildman–Crippen MR) is 82.5 cm³/mol. The minimum absolute atomic E-state index is 0.674. The maximum Gasteiger partial charge on any atom is 0.205 e. The Kier molecular flexibility index (Phi) is 3.42. The molecule has 3 heterocycles. The van der Waals surface area contributed by atoms with Gasteiger partial charge in [-0.05, 0) is 44.9 Å². The van der Waals surface area contributed by atoms with Crippen LogP contribution in [0.4, 0.5) is 5.13 Å². The Hall–Kier alpha value is -0.680. The van der Waals surface area contributed by atoms with E-state index in [4.69, 9.17) is 4.98 Å². The fourth-order valence-electron chi connectivity index (χ4n) is 3.81. The van der Waals surface area contributed by atoms with Crippen molar-refractivity contribution in [3.8, 4) is 0 Å². The van der Waals surface area contributed by atoms with Crippen molar-refractivity contribution in [2.24, 2.45) is 0 Å². The van der Waals surface area contributed by atoms with Crippen molar-refractivity contribution in [3.63, 3.8) is 0 Å². The number of hydrogen-bond acceptors (Lipinski definition) is 5. The molecule has 2 unspecified atom stereocenters. The van der Waals surface area contributed by atoms with E-state index in [-0.39, 0.29) is 0 Å². The second-order valence-electron chi connectivity index (χ2n) is 6.67. The van der Waals surface area contributed by atoms with Gasteiger partial charge in [0.2, 0.25) is 5.13 Å². The third-order valence-electron chi connectivity index (χ3n) is 4.97. The summed E-state index contributed by atoms with van der Waals surface area (Å²) in [6.45, 7) is 3.40. The predicted octanol–water partition coefficient (Wildman–Crippen LogP) is 2.91. The summed E-state index contributed by atoms with van der Waals surface area (Å²) in [6, 6.07) is 2.16. The van der Waals surface area contributed by atoms with E-state index in [0.29, 0.717) is 12.0 Å². The summed E-state index contributed by atoms with van der Waals surface area (Å²) in [6.07, 6.45) is 9.08. The lowest BCUT2D eigenvalue weighted by molar-refractivity contribution is 0.346. The van der Waals surface area contributed by atoms with E-state index in [0.717, 1.165) is 24.5 Å². The Morgan fingerprint density at radius 3 is 2.60 bits per heavy atom. The van der Waals surface area contributed by atoms with Gasteiger partial charge in [0.05, 0.1) is 0 Å².